The minimum absolute atomic E-state index is 0.600. The van der Waals surface area contributed by atoms with Crippen molar-refractivity contribution in [1.29, 1.82) is 0 Å². The Balaban J connectivity index is 1.44. The van der Waals surface area contributed by atoms with Gasteiger partial charge >= 0.3 is 0 Å². The third kappa shape index (κ3) is 3.46. The standard InChI is InChI=1S/C18H21N5OS/c1-3-12-5-7-13(8-6-12)16-19-15(24-22-16)11-25-18-21-20-17(14-9-10-14)23(18)4-2/h5-8,14H,3-4,9-11H2,1-2H3. The van der Waals surface area contributed by atoms with Gasteiger partial charge in [0.1, 0.15) is 5.82 Å². The maximum atomic E-state index is 5.40. The van der Waals surface area contributed by atoms with Crippen LogP contribution in [-0.4, -0.2) is 24.9 Å². The van der Waals surface area contributed by atoms with Crippen molar-refractivity contribution in [3.63, 3.8) is 0 Å². The smallest absolute Gasteiger partial charge is 0.237 e. The third-order valence-electron chi connectivity index (χ3n) is 4.42. The monoisotopic (exact) mass is 355 g/mol. The molecular weight excluding hydrogens is 334 g/mol. The largest absolute Gasteiger partial charge is 0.338 e. The molecule has 1 aliphatic carbocycles. The van der Waals surface area contributed by atoms with E-state index < -0.39 is 0 Å². The normalized spacial score (nSPS) is 14.2. The molecule has 0 saturated heterocycles. The van der Waals surface area contributed by atoms with E-state index >= 15 is 0 Å². The lowest BCUT2D eigenvalue weighted by molar-refractivity contribution is 0.391. The highest BCUT2D eigenvalue weighted by Crippen LogP contribution is 2.40. The Morgan fingerprint density at radius 3 is 2.64 bits per heavy atom. The van der Waals surface area contributed by atoms with Crippen LogP contribution in [-0.2, 0) is 18.7 Å². The summed E-state index contributed by atoms with van der Waals surface area (Å²) in [5.74, 6) is 3.56. The van der Waals surface area contributed by atoms with Gasteiger partial charge in [-0.15, -0.1) is 10.2 Å². The number of nitrogens with zero attached hydrogens (tertiary/aromatic N) is 5. The van der Waals surface area contributed by atoms with Crippen molar-refractivity contribution in [1.82, 2.24) is 24.9 Å². The maximum absolute atomic E-state index is 5.40. The van der Waals surface area contributed by atoms with Gasteiger partial charge in [0, 0.05) is 18.0 Å². The van der Waals surface area contributed by atoms with E-state index in [9.17, 15) is 0 Å². The summed E-state index contributed by atoms with van der Waals surface area (Å²) in [7, 11) is 0. The van der Waals surface area contributed by atoms with Crippen molar-refractivity contribution in [3.8, 4) is 11.4 Å². The van der Waals surface area contributed by atoms with Crippen molar-refractivity contribution in [2.24, 2.45) is 0 Å². The summed E-state index contributed by atoms with van der Waals surface area (Å²) in [4.78, 5) is 4.50. The average Bonchev–Trinajstić information content (AvgIpc) is 3.24. The maximum Gasteiger partial charge on any atom is 0.237 e. The molecule has 1 aliphatic rings. The SMILES string of the molecule is CCc1ccc(-c2noc(CSc3nnc(C4CC4)n3CC)n2)cc1. The minimum atomic E-state index is 0.600. The van der Waals surface area contributed by atoms with Gasteiger partial charge in [-0.2, -0.15) is 4.98 Å². The average molecular weight is 355 g/mol. The van der Waals surface area contributed by atoms with E-state index in [2.05, 4.69) is 50.9 Å². The molecule has 3 aromatic rings. The minimum Gasteiger partial charge on any atom is -0.338 e. The molecule has 2 aromatic heterocycles. The lowest BCUT2D eigenvalue weighted by atomic mass is 10.1. The van der Waals surface area contributed by atoms with E-state index in [1.165, 1.54) is 18.4 Å². The zero-order chi connectivity index (χ0) is 17.2. The predicted molar refractivity (Wildman–Crippen MR) is 96.3 cm³/mol. The molecular formula is C18H21N5OS. The highest BCUT2D eigenvalue weighted by atomic mass is 32.2. The number of rotatable bonds is 7. The molecule has 4 rings (SSSR count). The van der Waals surface area contributed by atoms with Crippen LogP contribution in [0, 0.1) is 0 Å². The highest BCUT2D eigenvalue weighted by Gasteiger charge is 2.30. The van der Waals surface area contributed by atoms with E-state index in [0.717, 1.165) is 29.5 Å². The van der Waals surface area contributed by atoms with Crippen molar-refractivity contribution in [2.45, 2.75) is 56.5 Å². The van der Waals surface area contributed by atoms with E-state index in [4.69, 9.17) is 4.52 Å². The zero-order valence-corrected chi connectivity index (χ0v) is 15.3. The Morgan fingerprint density at radius 2 is 1.96 bits per heavy atom. The zero-order valence-electron chi connectivity index (χ0n) is 14.5. The first-order valence-corrected chi connectivity index (χ1v) is 9.74. The second kappa shape index (κ2) is 7.00. The van der Waals surface area contributed by atoms with Gasteiger partial charge in [-0.1, -0.05) is 48.1 Å². The Labute approximate surface area is 151 Å². The predicted octanol–water partition coefficient (Wildman–Crippen LogP) is 4.08. The van der Waals surface area contributed by atoms with Crippen LogP contribution >= 0.6 is 11.8 Å². The van der Waals surface area contributed by atoms with Gasteiger partial charge in [0.05, 0.1) is 5.75 Å². The summed E-state index contributed by atoms with van der Waals surface area (Å²) in [5, 5.41) is 13.7. The molecule has 7 heteroatoms. The van der Waals surface area contributed by atoms with Crippen LogP contribution in [0.15, 0.2) is 33.9 Å². The lowest BCUT2D eigenvalue weighted by Crippen LogP contribution is -2.02. The second-order valence-corrected chi connectivity index (χ2v) is 7.15. The van der Waals surface area contributed by atoms with Gasteiger partial charge in [-0.05, 0) is 31.7 Å². The van der Waals surface area contributed by atoms with Gasteiger partial charge < -0.3 is 9.09 Å². The number of hydrogen-bond donors (Lipinski definition) is 0. The fourth-order valence-electron chi connectivity index (χ4n) is 2.79. The van der Waals surface area contributed by atoms with Crippen molar-refractivity contribution < 1.29 is 4.52 Å². The number of benzene rings is 1. The van der Waals surface area contributed by atoms with Gasteiger partial charge in [-0.3, -0.25) is 0 Å². The Morgan fingerprint density at radius 1 is 1.16 bits per heavy atom. The topological polar surface area (TPSA) is 69.6 Å². The molecule has 0 aliphatic heterocycles. The molecule has 0 amide bonds. The van der Waals surface area contributed by atoms with Gasteiger partial charge in [0.25, 0.3) is 0 Å². The Bertz CT molecular complexity index is 851. The molecule has 0 atom stereocenters. The summed E-state index contributed by atoms with van der Waals surface area (Å²) in [6.07, 6.45) is 3.48. The van der Waals surface area contributed by atoms with Crippen molar-refractivity contribution >= 4 is 11.8 Å². The first-order valence-electron chi connectivity index (χ1n) is 8.76. The first kappa shape index (κ1) is 16.3. The third-order valence-corrected chi connectivity index (χ3v) is 5.37. The van der Waals surface area contributed by atoms with E-state index in [0.29, 0.717) is 23.4 Å². The number of thioether (sulfide) groups is 1. The summed E-state index contributed by atoms with van der Waals surface area (Å²) in [5.41, 5.74) is 2.28. The summed E-state index contributed by atoms with van der Waals surface area (Å²) >= 11 is 1.60. The van der Waals surface area contributed by atoms with E-state index in [-0.39, 0.29) is 0 Å². The summed E-state index contributed by atoms with van der Waals surface area (Å²) in [6, 6.07) is 8.28. The molecule has 1 saturated carbocycles. The molecule has 130 valence electrons. The summed E-state index contributed by atoms with van der Waals surface area (Å²) in [6.45, 7) is 5.16. The molecule has 2 heterocycles. The van der Waals surface area contributed by atoms with Crippen LogP contribution in [0.2, 0.25) is 0 Å². The Hall–Kier alpha value is -2.15. The number of aromatic nitrogens is 5. The molecule has 0 N–H and O–H groups in total. The van der Waals surface area contributed by atoms with Crippen LogP contribution in [0.3, 0.4) is 0 Å². The van der Waals surface area contributed by atoms with E-state index in [1.54, 1.807) is 11.8 Å². The molecule has 6 nitrogen and oxygen atoms in total. The first-order chi connectivity index (χ1) is 12.3. The molecule has 0 unspecified atom stereocenters. The molecule has 0 bridgehead atoms. The number of aryl methyl sites for hydroxylation is 1. The van der Waals surface area contributed by atoms with Gasteiger partial charge in [-0.25, -0.2) is 0 Å². The van der Waals surface area contributed by atoms with E-state index in [1.807, 2.05) is 12.1 Å². The van der Waals surface area contributed by atoms with Crippen LogP contribution < -0.4 is 0 Å². The molecule has 0 spiro atoms. The highest BCUT2D eigenvalue weighted by molar-refractivity contribution is 7.98. The summed E-state index contributed by atoms with van der Waals surface area (Å²) < 4.78 is 7.60. The quantitative estimate of drug-likeness (QED) is 0.595. The van der Waals surface area contributed by atoms with Gasteiger partial charge in [0.2, 0.25) is 11.7 Å². The van der Waals surface area contributed by atoms with Crippen molar-refractivity contribution in [3.05, 3.63) is 41.5 Å². The number of hydrogen-bond acceptors (Lipinski definition) is 6. The van der Waals surface area contributed by atoms with Crippen LogP contribution in [0.1, 0.15) is 49.9 Å². The molecule has 0 radical (unpaired) electrons. The van der Waals surface area contributed by atoms with Crippen LogP contribution in [0.4, 0.5) is 0 Å². The molecule has 1 fully saturated rings. The molecule has 25 heavy (non-hydrogen) atoms. The van der Waals surface area contributed by atoms with Crippen molar-refractivity contribution in [2.75, 3.05) is 0 Å². The fraction of sp³-hybridized carbons (Fsp3) is 0.444. The second-order valence-electron chi connectivity index (χ2n) is 6.21. The Kier molecular flexibility index (Phi) is 4.57. The van der Waals surface area contributed by atoms with Crippen LogP contribution in [0.5, 0.6) is 0 Å². The fourth-order valence-corrected chi connectivity index (χ4v) is 3.64. The molecule has 1 aromatic carbocycles. The lowest BCUT2D eigenvalue weighted by Gasteiger charge is -2.04. The van der Waals surface area contributed by atoms with Gasteiger partial charge in [0.15, 0.2) is 5.16 Å². The van der Waals surface area contributed by atoms with Crippen LogP contribution in [0.25, 0.3) is 11.4 Å².